The number of nitrogens with one attached hydrogen (secondary N) is 1. The molecule has 0 unspecified atom stereocenters. The van der Waals surface area contributed by atoms with Crippen LogP contribution in [0.5, 0.6) is 0 Å². The molecule has 0 radical (unpaired) electrons. The summed E-state index contributed by atoms with van der Waals surface area (Å²) in [5.41, 5.74) is 1.46. The molecule has 0 aliphatic carbocycles. The molecule has 0 spiro atoms. The van der Waals surface area contributed by atoms with Gasteiger partial charge in [-0.15, -0.1) is 0 Å². The fraction of sp³-hybridized carbons (Fsp3) is 0.400. The molecular weight excluding hydrogens is 242 g/mol. The second-order valence-corrected chi connectivity index (χ2v) is 5.29. The molecule has 1 N–H and O–H groups in total. The van der Waals surface area contributed by atoms with Crippen molar-refractivity contribution in [1.29, 1.82) is 0 Å². The van der Waals surface area contributed by atoms with Crippen LogP contribution in [0, 0.1) is 0 Å². The van der Waals surface area contributed by atoms with Crippen LogP contribution < -0.4 is 5.32 Å². The van der Waals surface area contributed by atoms with Crippen LogP contribution in [-0.4, -0.2) is 17.4 Å². The van der Waals surface area contributed by atoms with Gasteiger partial charge >= 0.3 is 0 Å². The number of amides is 1. The quantitative estimate of drug-likeness (QED) is 0.565. The van der Waals surface area contributed by atoms with Gasteiger partial charge in [-0.25, -0.2) is 0 Å². The first-order valence-corrected chi connectivity index (χ1v) is 7.51. The Kier molecular flexibility index (Phi) is 7.26. The molecule has 0 aliphatic heterocycles. The molecule has 18 heavy (non-hydrogen) atoms. The van der Waals surface area contributed by atoms with E-state index in [1.54, 1.807) is 11.8 Å². The molecule has 0 saturated heterocycles. The van der Waals surface area contributed by atoms with E-state index < -0.39 is 0 Å². The van der Waals surface area contributed by atoms with Crippen molar-refractivity contribution in [1.82, 2.24) is 0 Å². The first-order valence-electron chi connectivity index (χ1n) is 6.36. The molecule has 1 rings (SSSR count). The van der Waals surface area contributed by atoms with Gasteiger partial charge < -0.3 is 5.32 Å². The van der Waals surface area contributed by atoms with Crippen LogP contribution in [0.15, 0.2) is 42.5 Å². The molecule has 0 bridgehead atoms. The Morgan fingerprint density at radius 1 is 1.28 bits per heavy atom. The van der Waals surface area contributed by atoms with Crippen molar-refractivity contribution in [3.8, 4) is 0 Å². The monoisotopic (exact) mass is 263 g/mol. The predicted molar refractivity (Wildman–Crippen MR) is 81.1 cm³/mol. The minimum atomic E-state index is -0.0795. The highest BCUT2D eigenvalue weighted by Gasteiger charge is 2.06. The zero-order chi connectivity index (χ0) is 13.2. The minimum Gasteiger partial charge on any atom is -0.322 e. The van der Waals surface area contributed by atoms with E-state index in [9.17, 15) is 4.79 Å². The first-order chi connectivity index (χ1) is 8.74. The highest BCUT2D eigenvalue weighted by molar-refractivity contribution is 7.99. The Hall–Kier alpha value is -1.22. The normalized spacial score (nSPS) is 10.1. The summed E-state index contributed by atoms with van der Waals surface area (Å²) < 4.78 is 0. The number of carbonyl (C=O) groups is 1. The molecule has 1 amide bonds. The van der Waals surface area contributed by atoms with Gasteiger partial charge in [0.05, 0.1) is 0 Å². The van der Waals surface area contributed by atoms with Crippen molar-refractivity contribution >= 4 is 23.4 Å². The second-order valence-electron chi connectivity index (χ2n) is 4.18. The van der Waals surface area contributed by atoms with E-state index in [-0.39, 0.29) is 5.91 Å². The number of benzene rings is 1. The molecule has 0 fully saturated rings. The number of unbranched alkanes of at least 4 members (excludes halogenated alkanes) is 2. The third kappa shape index (κ3) is 5.92. The molecule has 2 nitrogen and oxygen atoms in total. The summed E-state index contributed by atoms with van der Waals surface area (Å²) in [6.07, 6.45) is 3.71. The van der Waals surface area contributed by atoms with Crippen LogP contribution in [-0.2, 0) is 4.79 Å². The van der Waals surface area contributed by atoms with Gasteiger partial charge in [0, 0.05) is 17.0 Å². The van der Waals surface area contributed by atoms with Crippen molar-refractivity contribution in [2.24, 2.45) is 0 Å². The number of carbonyl (C=O) groups excluding carboxylic acids is 1. The molecule has 0 aliphatic rings. The molecule has 1 aromatic rings. The van der Waals surface area contributed by atoms with Gasteiger partial charge in [-0.3, -0.25) is 4.79 Å². The summed E-state index contributed by atoms with van der Waals surface area (Å²) in [7, 11) is 0. The molecule has 3 heteroatoms. The van der Waals surface area contributed by atoms with E-state index in [1.807, 2.05) is 30.3 Å². The number of hydrogen-bond acceptors (Lipinski definition) is 2. The number of para-hydroxylation sites is 1. The molecule has 0 heterocycles. The van der Waals surface area contributed by atoms with Gasteiger partial charge in [-0.2, -0.15) is 11.8 Å². The van der Waals surface area contributed by atoms with E-state index >= 15 is 0 Å². The van der Waals surface area contributed by atoms with Gasteiger partial charge in [0.1, 0.15) is 0 Å². The third-order valence-electron chi connectivity index (χ3n) is 2.52. The average molecular weight is 263 g/mol. The zero-order valence-electron chi connectivity index (χ0n) is 10.9. The largest absolute Gasteiger partial charge is 0.322 e. The summed E-state index contributed by atoms with van der Waals surface area (Å²) >= 11 is 1.78. The van der Waals surface area contributed by atoms with Gasteiger partial charge in [-0.1, -0.05) is 44.5 Å². The van der Waals surface area contributed by atoms with Crippen molar-refractivity contribution in [3.05, 3.63) is 42.5 Å². The molecule has 0 aromatic heterocycles. The van der Waals surface area contributed by atoms with Crippen LogP contribution in [0.2, 0.25) is 0 Å². The summed E-state index contributed by atoms with van der Waals surface area (Å²) in [5.74, 6) is 1.73. The Morgan fingerprint density at radius 3 is 2.67 bits per heavy atom. The van der Waals surface area contributed by atoms with E-state index in [1.165, 1.54) is 19.3 Å². The van der Waals surface area contributed by atoms with Gasteiger partial charge in [0.25, 0.3) is 5.91 Å². The lowest BCUT2D eigenvalue weighted by Gasteiger charge is -2.07. The van der Waals surface area contributed by atoms with Crippen LogP contribution in [0.25, 0.3) is 0 Å². The number of thioether (sulfide) groups is 1. The van der Waals surface area contributed by atoms with Crippen molar-refractivity contribution < 1.29 is 4.79 Å². The van der Waals surface area contributed by atoms with E-state index in [2.05, 4.69) is 18.8 Å². The lowest BCUT2D eigenvalue weighted by Crippen LogP contribution is -2.15. The fourth-order valence-electron chi connectivity index (χ4n) is 1.46. The van der Waals surface area contributed by atoms with Crippen LogP contribution in [0.3, 0.4) is 0 Å². The maximum absolute atomic E-state index is 11.8. The van der Waals surface area contributed by atoms with E-state index in [0.29, 0.717) is 11.3 Å². The Labute approximate surface area is 114 Å². The highest BCUT2D eigenvalue weighted by atomic mass is 32.2. The molecule has 0 saturated carbocycles. The van der Waals surface area contributed by atoms with E-state index in [0.717, 1.165) is 11.4 Å². The molecule has 1 aromatic carbocycles. The highest BCUT2D eigenvalue weighted by Crippen LogP contribution is 2.12. The maximum Gasteiger partial charge on any atom is 0.251 e. The summed E-state index contributed by atoms with van der Waals surface area (Å²) in [5, 5.41) is 2.84. The number of rotatable bonds is 8. The standard InChI is InChI=1S/C15H21NOS/c1-3-4-8-11-18-12-13(2)15(17)16-14-9-6-5-7-10-14/h5-7,9-10H,2-4,8,11-12H2,1H3,(H,16,17). The minimum absolute atomic E-state index is 0.0795. The molecule has 0 atom stereocenters. The lowest BCUT2D eigenvalue weighted by molar-refractivity contribution is -0.112. The van der Waals surface area contributed by atoms with Gasteiger partial charge in [0.2, 0.25) is 0 Å². The number of hydrogen-bond donors (Lipinski definition) is 1. The van der Waals surface area contributed by atoms with Crippen LogP contribution in [0.4, 0.5) is 5.69 Å². The summed E-state index contributed by atoms with van der Waals surface area (Å²) in [6, 6.07) is 9.48. The Morgan fingerprint density at radius 2 is 2.00 bits per heavy atom. The van der Waals surface area contributed by atoms with Gasteiger partial charge in [-0.05, 0) is 24.3 Å². The third-order valence-corrected chi connectivity index (χ3v) is 3.65. The summed E-state index contributed by atoms with van der Waals surface area (Å²) in [4.78, 5) is 11.8. The smallest absolute Gasteiger partial charge is 0.251 e. The van der Waals surface area contributed by atoms with Crippen LogP contribution >= 0.6 is 11.8 Å². The Balaban J connectivity index is 2.23. The molecule has 98 valence electrons. The lowest BCUT2D eigenvalue weighted by atomic mass is 10.3. The summed E-state index contributed by atoms with van der Waals surface area (Å²) in [6.45, 7) is 6.03. The van der Waals surface area contributed by atoms with Gasteiger partial charge in [0.15, 0.2) is 0 Å². The average Bonchev–Trinajstić information content (AvgIpc) is 2.39. The zero-order valence-corrected chi connectivity index (χ0v) is 11.8. The topological polar surface area (TPSA) is 29.1 Å². The fourth-order valence-corrected chi connectivity index (χ4v) is 2.39. The first kappa shape index (κ1) is 14.8. The number of anilines is 1. The van der Waals surface area contributed by atoms with Crippen molar-refractivity contribution in [2.75, 3.05) is 16.8 Å². The van der Waals surface area contributed by atoms with Crippen LogP contribution in [0.1, 0.15) is 26.2 Å². The SMILES string of the molecule is C=C(CSCCCCC)C(=O)Nc1ccccc1. The molecular formula is C15H21NOS. The van der Waals surface area contributed by atoms with E-state index in [4.69, 9.17) is 0 Å². The predicted octanol–water partition coefficient (Wildman–Crippen LogP) is 4.10. The van der Waals surface area contributed by atoms with Crippen molar-refractivity contribution in [2.45, 2.75) is 26.2 Å². The maximum atomic E-state index is 11.8. The van der Waals surface area contributed by atoms with Crippen molar-refractivity contribution in [3.63, 3.8) is 0 Å². The Bertz CT molecular complexity index is 375. The second kappa shape index (κ2) is 8.81.